The first-order valence-electron chi connectivity index (χ1n) is 21.7. The Morgan fingerprint density at radius 1 is 0.356 bits per heavy atom. The first-order valence-corrected chi connectivity index (χ1v) is 34.0. The van der Waals surface area contributed by atoms with Gasteiger partial charge in [-0.05, 0) is 0 Å². The van der Waals surface area contributed by atoms with E-state index in [9.17, 15) is 0 Å². The van der Waals surface area contributed by atoms with E-state index in [0.717, 1.165) is 11.5 Å². The van der Waals surface area contributed by atoms with Gasteiger partial charge in [0.2, 0.25) is 0 Å². The summed E-state index contributed by atoms with van der Waals surface area (Å²) < 4.78 is 0.682. The maximum atomic E-state index is 2.59. The normalized spacial score (nSPS) is 14.6. The number of rotatable bonds is 8. The van der Waals surface area contributed by atoms with Gasteiger partial charge in [0.05, 0.1) is 0 Å². The molecule has 8 rings (SSSR count). The molecule has 0 unspecified atom stereocenters. The third-order valence-corrected chi connectivity index (χ3v) is 44.2. The second-order valence-corrected chi connectivity index (χ2v) is 45.7. The maximum absolute atomic E-state index is 3.94. The van der Waals surface area contributed by atoms with Crippen LogP contribution in [-0.4, -0.2) is 15.6 Å². The number of hydrogen-bond acceptors (Lipinski definition) is 2. The quantitative estimate of drug-likeness (QED) is 0.140. The van der Waals surface area contributed by atoms with Crippen LogP contribution in [0.25, 0.3) is 22.3 Å². The van der Waals surface area contributed by atoms with E-state index in [-0.39, 0.29) is 21.7 Å². The summed E-state index contributed by atoms with van der Waals surface area (Å²) in [5.41, 5.74) is 20.8. The predicted molar refractivity (Wildman–Crippen MR) is 263 cm³/mol. The van der Waals surface area contributed by atoms with Crippen molar-refractivity contribution < 1.29 is 0 Å². The molecule has 0 nitrogen and oxygen atoms in total. The van der Waals surface area contributed by atoms with E-state index in [4.69, 9.17) is 0 Å². The minimum atomic E-state index is -3.94. The third-order valence-electron chi connectivity index (χ3n) is 12.9. The van der Waals surface area contributed by atoms with Crippen molar-refractivity contribution in [3.05, 3.63) is 189 Å². The van der Waals surface area contributed by atoms with Gasteiger partial charge >= 0.3 is 369 Å². The Morgan fingerprint density at radius 2 is 0.610 bits per heavy atom. The average Bonchev–Trinajstić information content (AvgIpc) is 3.70. The summed E-state index contributed by atoms with van der Waals surface area (Å²) in [7, 11) is 4.80. The summed E-state index contributed by atoms with van der Waals surface area (Å²) in [4.78, 5) is 0. The van der Waals surface area contributed by atoms with Gasteiger partial charge < -0.3 is 0 Å². The molecule has 0 amide bonds. The molecule has 2 aliphatic rings. The van der Waals surface area contributed by atoms with Crippen molar-refractivity contribution in [2.45, 2.75) is 124 Å². The fraction of sp³-hybridized carbons (Fsp3) is 0.357. The van der Waals surface area contributed by atoms with Crippen LogP contribution in [0.15, 0.2) is 133 Å². The molecule has 2 aliphatic carbocycles. The van der Waals surface area contributed by atoms with Crippen LogP contribution in [0.5, 0.6) is 0 Å². The van der Waals surface area contributed by atoms with Crippen molar-refractivity contribution in [3.63, 3.8) is 0 Å². The van der Waals surface area contributed by atoms with Gasteiger partial charge in [0.25, 0.3) is 0 Å². The molecule has 304 valence electrons. The SMILES string of the molecule is CC(C)(C)c1ccc2c(c1)-c1cc(C(C)(C)C)ccc1[CH]2[Sn]([S]Cc1ccccc1)([S]Cc1ccccc1)[CH]1c2ccc(C(C)(C)C)cc2-c2cc(C(C)(C)C)ccc21. The summed E-state index contributed by atoms with van der Waals surface area (Å²) >= 11 is -3.94. The van der Waals surface area contributed by atoms with Gasteiger partial charge in [-0.25, -0.2) is 0 Å². The zero-order valence-electron chi connectivity index (χ0n) is 37.6. The van der Waals surface area contributed by atoms with Crippen LogP contribution in [0.4, 0.5) is 0 Å². The first-order chi connectivity index (χ1) is 27.8. The third kappa shape index (κ3) is 8.17. The molecule has 0 saturated carbocycles. The summed E-state index contributed by atoms with van der Waals surface area (Å²) in [6.45, 7) is 28.4. The topological polar surface area (TPSA) is 0 Å². The van der Waals surface area contributed by atoms with E-state index in [1.807, 2.05) is 0 Å². The molecule has 0 atom stereocenters. The molecule has 0 spiro atoms. The fourth-order valence-electron chi connectivity index (χ4n) is 9.32. The molecular weight excluding hydrogens is 855 g/mol. The zero-order valence-corrected chi connectivity index (χ0v) is 42.1. The van der Waals surface area contributed by atoms with Gasteiger partial charge in [-0.2, -0.15) is 0 Å². The Kier molecular flexibility index (Phi) is 11.3. The molecule has 0 aliphatic heterocycles. The summed E-state index contributed by atoms with van der Waals surface area (Å²) in [6.07, 6.45) is 0. The number of benzene rings is 6. The molecule has 6 aromatic carbocycles. The Bertz CT molecular complexity index is 2180. The molecular formula is C56H64S2Sn. The monoisotopic (exact) mass is 920 g/mol. The van der Waals surface area contributed by atoms with E-state index in [1.165, 1.54) is 55.6 Å². The summed E-state index contributed by atoms with van der Waals surface area (Å²) in [6, 6.07) is 53.3. The van der Waals surface area contributed by atoms with Gasteiger partial charge in [-0.1, -0.05) is 0 Å². The molecule has 59 heavy (non-hydrogen) atoms. The molecule has 0 aromatic heterocycles. The van der Waals surface area contributed by atoms with E-state index in [2.05, 4.69) is 234 Å². The van der Waals surface area contributed by atoms with Crippen LogP contribution < -0.4 is 0 Å². The van der Waals surface area contributed by atoms with Crippen LogP contribution in [0, 0.1) is 0 Å². The Morgan fingerprint density at radius 3 is 0.847 bits per heavy atom. The second-order valence-electron chi connectivity index (χ2n) is 21.3. The van der Waals surface area contributed by atoms with Crippen LogP contribution in [0.1, 0.15) is 147 Å². The van der Waals surface area contributed by atoms with Crippen LogP contribution >= 0.6 is 17.9 Å². The second kappa shape index (κ2) is 15.6. The fourth-order valence-corrected chi connectivity index (χ4v) is 44.0. The summed E-state index contributed by atoms with van der Waals surface area (Å²) in [5.74, 6) is 2.03. The molecule has 0 N–H and O–H groups in total. The van der Waals surface area contributed by atoms with E-state index in [0.29, 0.717) is 7.87 Å². The van der Waals surface area contributed by atoms with Crippen molar-refractivity contribution in [2.24, 2.45) is 0 Å². The van der Waals surface area contributed by atoms with Crippen LogP contribution in [0.3, 0.4) is 0 Å². The van der Waals surface area contributed by atoms with Gasteiger partial charge in [0, 0.05) is 0 Å². The first kappa shape index (κ1) is 42.5. The Hall–Kier alpha value is -3.18. The summed E-state index contributed by atoms with van der Waals surface area (Å²) in [5, 5.41) is 0. The van der Waals surface area contributed by atoms with Crippen molar-refractivity contribution in [2.75, 3.05) is 0 Å². The molecule has 3 heteroatoms. The number of fused-ring (bicyclic) bond motifs is 6. The minimum absolute atomic E-state index is 0.0538. The van der Waals surface area contributed by atoms with Gasteiger partial charge in [0.15, 0.2) is 0 Å². The van der Waals surface area contributed by atoms with Crippen molar-refractivity contribution in [3.8, 4) is 22.3 Å². The van der Waals surface area contributed by atoms with Gasteiger partial charge in [-0.15, -0.1) is 0 Å². The Labute approximate surface area is 366 Å². The van der Waals surface area contributed by atoms with Crippen molar-refractivity contribution >= 4 is 33.5 Å². The molecule has 0 fully saturated rings. The van der Waals surface area contributed by atoms with Crippen molar-refractivity contribution in [1.82, 2.24) is 0 Å². The number of hydrogen-bond donors (Lipinski definition) is 0. The van der Waals surface area contributed by atoms with E-state index < -0.39 is 15.6 Å². The van der Waals surface area contributed by atoms with Gasteiger partial charge in [-0.3, -0.25) is 0 Å². The molecule has 6 aromatic rings. The molecule has 0 radical (unpaired) electrons. The van der Waals surface area contributed by atoms with E-state index >= 15 is 0 Å². The Balaban J connectivity index is 1.47. The van der Waals surface area contributed by atoms with Crippen molar-refractivity contribution in [1.29, 1.82) is 0 Å². The average molecular weight is 920 g/mol. The van der Waals surface area contributed by atoms with Gasteiger partial charge in [0.1, 0.15) is 0 Å². The standard InChI is InChI=1S/2C21H25.2C7H8S.Sn/c2*1-20(2,3)16-9-7-14-11-15-8-10-17(21(4,5)6)13-19(15)18(14)12-16;2*8-6-7-4-2-1-3-5-7;/h2*7-13H,1-6H3;2*1-5,8H,6H2;/q;;;;+2/p-2. The van der Waals surface area contributed by atoms with Crippen LogP contribution in [0.2, 0.25) is 0 Å². The zero-order chi connectivity index (χ0) is 42.1. The molecule has 0 bridgehead atoms. The predicted octanol–water partition coefficient (Wildman–Crippen LogP) is 16.2. The van der Waals surface area contributed by atoms with E-state index in [1.54, 1.807) is 22.3 Å². The molecule has 0 heterocycles. The molecule has 0 saturated heterocycles. The van der Waals surface area contributed by atoms with Crippen LogP contribution in [-0.2, 0) is 33.2 Å².